The standard InChI is InChI=1S/C15H28N2S/c1-10(2)13(11(3)4)9-17-14(8-16)15-7-6-12(5)18-15/h6-7,10-11,13-14,17H,8-9,16H2,1-5H3. The van der Waals surface area contributed by atoms with Crippen molar-refractivity contribution in [3.8, 4) is 0 Å². The molecule has 104 valence electrons. The lowest BCUT2D eigenvalue weighted by Gasteiger charge is -2.27. The monoisotopic (exact) mass is 268 g/mol. The Bertz CT molecular complexity index is 336. The number of rotatable bonds is 7. The van der Waals surface area contributed by atoms with Gasteiger partial charge in [0.2, 0.25) is 0 Å². The van der Waals surface area contributed by atoms with Crippen LogP contribution in [-0.2, 0) is 0 Å². The van der Waals surface area contributed by atoms with Gasteiger partial charge in [-0.3, -0.25) is 0 Å². The lowest BCUT2D eigenvalue weighted by atomic mass is 9.85. The molecule has 1 rings (SSSR count). The molecule has 1 heterocycles. The van der Waals surface area contributed by atoms with Gasteiger partial charge in [0, 0.05) is 16.3 Å². The molecular formula is C15H28N2S. The maximum atomic E-state index is 5.90. The Kier molecular flexibility index (Phi) is 6.33. The largest absolute Gasteiger partial charge is 0.329 e. The van der Waals surface area contributed by atoms with Gasteiger partial charge in [-0.15, -0.1) is 11.3 Å². The Balaban J connectivity index is 2.59. The quantitative estimate of drug-likeness (QED) is 0.793. The molecule has 3 heteroatoms. The molecule has 0 bridgehead atoms. The summed E-state index contributed by atoms with van der Waals surface area (Å²) in [5.74, 6) is 2.13. The second kappa shape index (κ2) is 7.27. The van der Waals surface area contributed by atoms with E-state index in [2.05, 4.69) is 52.1 Å². The van der Waals surface area contributed by atoms with Gasteiger partial charge in [-0.05, 0) is 43.4 Å². The van der Waals surface area contributed by atoms with E-state index < -0.39 is 0 Å². The van der Waals surface area contributed by atoms with Crippen LogP contribution >= 0.6 is 11.3 Å². The van der Waals surface area contributed by atoms with Gasteiger partial charge in [0.15, 0.2) is 0 Å². The zero-order valence-corrected chi connectivity index (χ0v) is 13.2. The molecular weight excluding hydrogens is 240 g/mol. The van der Waals surface area contributed by atoms with Crippen LogP contribution in [0.15, 0.2) is 12.1 Å². The fourth-order valence-electron chi connectivity index (χ4n) is 2.46. The summed E-state index contributed by atoms with van der Waals surface area (Å²) in [7, 11) is 0. The Hall–Kier alpha value is -0.380. The minimum Gasteiger partial charge on any atom is -0.329 e. The van der Waals surface area contributed by atoms with Crippen LogP contribution in [0.4, 0.5) is 0 Å². The molecule has 0 aliphatic heterocycles. The van der Waals surface area contributed by atoms with Crippen molar-refractivity contribution in [1.82, 2.24) is 5.32 Å². The third-order valence-corrected chi connectivity index (χ3v) is 4.77. The normalized spacial score (nSPS) is 13.8. The summed E-state index contributed by atoms with van der Waals surface area (Å²) in [4.78, 5) is 2.72. The summed E-state index contributed by atoms with van der Waals surface area (Å²) < 4.78 is 0. The lowest BCUT2D eigenvalue weighted by Crippen LogP contribution is -2.35. The summed E-state index contributed by atoms with van der Waals surface area (Å²) in [6.45, 7) is 13.1. The summed E-state index contributed by atoms with van der Waals surface area (Å²) in [5.41, 5.74) is 5.90. The van der Waals surface area contributed by atoms with Crippen molar-refractivity contribution in [1.29, 1.82) is 0 Å². The fourth-order valence-corrected chi connectivity index (χ4v) is 3.43. The smallest absolute Gasteiger partial charge is 0.0539 e. The van der Waals surface area contributed by atoms with Crippen LogP contribution in [0.25, 0.3) is 0 Å². The molecule has 18 heavy (non-hydrogen) atoms. The van der Waals surface area contributed by atoms with Crippen molar-refractivity contribution in [2.75, 3.05) is 13.1 Å². The van der Waals surface area contributed by atoms with Crippen LogP contribution in [0.5, 0.6) is 0 Å². The van der Waals surface area contributed by atoms with E-state index >= 15 is 0 Å². The van der Waals surface area contributed by atoms with Crippen molar-refractivity contribution >= 4 is 11.3 Å². The third kappa shape index (κ3) is 4.38. The minimum atomic E-state index is 0.309. The molecule has 0 amide bonds. The van der Waals surface area contributed by atoms with Crippen LogP contribution in [0.1, 0.15) is 43.5 Å². The van der Waals surface area contributed by atoms with Gasteiger partial charge >= 0.3 is 0 Å². The molecule has 0 aromatic carbocycles. The topological polar surface area (TPSA) is 38.0 Å². The number of hydrogen-bond donors (Lipinski definition) is 2. The summed E-state index contributed by atoms with van der Waals surface area (Å²) in [6.07, 6.45) is 0. The lowest BCUT2D eigenvalue weighted by molar-refractivity contribution is 0.267. The molecule has 0 aliphatic rings. The van der Waals surface area contributed by atoms with Gasteiger partial charge in [0.1, 0.15) is 0 Å². The van der Waals surface area contributed by atoms with E-state index in [-0.39, 0.29) is 0 Å². The highest BCUT2D eigenvalue weighted by Crippen LogP contribution is 2.24. The fraction of sp³-hybridized carbons (Fsp3) is 0.733. The Morgan fingerprint density at radius 3 is 2.17 bits per heavy atom. The summed E-state index contributed by atoms with van der Waals surface area (Å²) in [6, 6.07) is 4.68. The Labute approximate surface area is 116 Å². The van der Waals surface area contributed by atoms with Gasteiger partial charge in [-0.2, -0.15) is 0 Å². The predicted octanol–water partition coefficient (Wildman–Crippen LogP) is 3.57. The molecule has 2 nitrogen and oxygen atoms in total. The molecule has 1 atom stereocenters. The number of nitrogens with one attached hydrogen (secondary N) is 1. The molecule has 1 aromatic rings. The average Bonchev–Trinajstić information content (AvgIpc) is 2.70. The van der Waals surface area contributed by atoms with Crippen molar-refractivity contribution < 1.29 is 0 Å². The SMILES string of the molecule is Cc1ccc(C(CN)NCC(C(C)C)C(C)C)s1. The molecule has 1 unspecified atom stereocenters. The van der Waals surface area contributed by atoms with E-state index in [1.165, 1.54) is 9.75 Å². The van der Waals surface area contributed by atoms with E-state index in [0.29, 0.717) is 30.3 Å². The maximum Gasteiger partial charge on any atom is 0.0539 e. The predicted molar refractivity (Wildman–Crippen MR) is 82.0 cm³/mol. The highest BCUT2D eigenvalue weighted by atomic mass is 32.1. The number of thiophene rings is 1. The molecule has 1 aromatic heterocycles. The zero-order valence-electron chi connectivity index (χ0n) is 12.4. The average molecular weight is 268 g/mol. The van der Waals surface area contributed by atoms with E-state index in [1.54, 1.807) is 0 Å². The number of hydrogen-bond acceptors (Lipinski definition) is 3. The first kappa shape index (κ1) is 15.7. The zero-order chi connectivity index (χ0) is 13.7. The third-order valence-electron chi connectivity index (χ3n) is 3.65. The van der Waals surface area contributed by atoms with Crippen molar-refractivity contribution in [3.63, 3.8) is 0 Å². The molecule has 0 aliphatic carbocycles. The van der Waals surface area contributed by atoms with Gasteiger partial charge < -0.3 is 11.1 Å². The molecule has 0 saturated carbocycles. The van der Waals surface area contributed by atoms with Crippen molar-refractivity contribution in [3.05, 3.63) is 21.9 Å². The van der Waals surface area contributed by atoms with Crippen LogP contribution in [-0.4, -0.2) is 13.1 Å². The summed E-state index contributed by atoms with van der Waals surface area (Å²) >= 11 is 1.85. The van der Waals surface area contributed by atoms with Gasteiger partial charge in [-0.25, -0.2) is 0 Å². The molecule has 3 N–H and O–H groups in total. The van der Waals surface area contributed by atoms with Gasteiger partial charge in [0.05, 0.1) is 6.04 Å². The van der Waals surface area contributed by atoms with E-state index in [4.69, 9.17) is 5.73 Å². The van der Waals surface area contributed by atoms with Crippen LogP contribution in [0, 0.1) is 24.7 Å². The molecule has 0 fully saturated rings. The highest BCUT2D eigenvalue weighted by molar-refractivity contribution is 7.12. The highest BCUT2D eigenvalue weighted by Gasteiger charge is 2.19. The Morgan fingerprint density at radius 2 is 1.78 bits per heavy atom. The maximum absolute atomic E-state index is 5.90. The van der Waals surface area contributed by atoms with E-state index in [1.807, 2.05) is 11.3 Å². The summed E-state index contributed by atoms with van der Waals surface area (Å²) in [5, 5.41) is 3.65. The Morgan fingerprint density at radius 1 is 1.17 bits per heavy atom. The molecule has 0 saturated heterocycles. The van der Waals surface area contributed by atoms with E-state index in [0.717, 1.165) is 6.54 Å². The molecule has 0 spiro atoms. The van der Waals surface area contributed by atoms with Gasteiger partial charge in [0.25, 0.3) is 0 Å². The first-order chi connectivity index (χ1) is 8.45. The van der Waals surface area contributed by atoms with Crippen LogP contribution < -0.4 is 11.1 Å². The number of aryl methyl sites for hydroxylation is 1. The second-order valence-electron chi connectivity index (χ2n) is 5.80. The van der Waals surface area contributed by atoms with Gasteiger partial charge in [-0.1, -0.05) is 27.7 Å². The van der Waals surface area contributed by atoms with Crippen LogP contribution in [0.2, 0.25) is 0 Å². The number of nitrogens with two attached hydrogens (primary N) is 1. The molecule has 0 radical (unpaired) electrons. The first-order valence-corrected chi connectivity index (χ1v) is 7.77. The van der Waals surface area contributed by atoms with E-state index in [9.17, 15) is 0 Å². The van der Waals surface area contributed by atoms with Crippen LogP contribution in [0.3, 0.4) is 0 Å². The van der Waals surface area contributed by atoms with Crippen molar-refractivity contribution in [2.45, 2.75) is 40.7 Å². The second-order valence-corrected chi connectivity index (χ2v) is 7.12. The minimum absolute atomic E-state index is 0.309. The first-order valence-electron chi connectivity index (χ1n) is 6.95. The van der Waals surface area contributed by atoms with Crippen molar-refractivity contribution in [2.24, 2.45) is 23.5 Å².